The molecule has 0 radical (unpaired) electrons. The number of rotatable bonds is 8. The summed E-state index contributed by atoms with van der Waals surface area (Å²) in [5, 5.41) is 11.3. The van der Waals surface area contributed by atoms with Crippen molar-refractivity contribution in [1.29, 1.82) is 0 Å². The Hall–Kier alpha value is -3.38. The number of carbonyl (C=O) groups is 1. The second-order valence-corrected chi connectivity index (χ2v) is 7.17. The van der Waals surface area contributed by atoms with Crippen molar-refractivity contribution in [2.75, 3.05) is 25.1 Å². The van der Waals surface area contributed by atoms with E-state index in [0.717, 1.165) is 12.1 Å². The van der Waals surface area contributed by atoms with Crippen molar-refractivity contribution in [3.63, 3.8) is 0 Å². The van der Waals surface area contributed by atoms with Crippen molar-refractivity contribution in [3.8, 4) is 11.5 Å². The van der Waals surface area contributed by atoms with Crippen LogP contribution in [-0.4, -0.2) is 40.0 Å². The highest BCUT2D eigenvalue weighted by atomic mass is 32.2. The Morgan fingerprint density at radius 2 is 1.89 bits per heavy atom. The third-order valence-corrected chi connectivity index (χ3v) is 5.54. The van der Waals surface area contributed by atoms with Crippen molar-refractivity contribution in [2.24, 2.45) is 5.84 Å². The molecule has 0 aromatic heterocycles. The minimum atomic E-state index is -4.55. The Bertz CT molecular complexity index is 994. The molecule has 1 amide bonds. The third kappa shape index (κ3) is 4.13. The van der Waals surface area contributed by atoms with Gasteiger partial charge in [-0.25, -0.2) is 14.3 Å². The van der Waals surface area contributed by atoms with Gasteiger partial charge in [-0.2, -0.15) is 0 Å². The van der Waals surface area contributed by atoms with Gasteiger partial charge in [0.15, 0.2) is 4.90 Å². The Morgan fingerprint density at radius 1 is 1.21 bits per heavy atom. The van der Waals surface area contributed by atoms with Crippen LogP contribution in [0.15, 0.2) is 47.4 Å². The van der Waals surface area contributed by atoms with Crippen LogP contribution in [0.2, 0.25) is 0 Å². The van der Waals surface area contributed by atoms with Gasteiger partial charge in [0, 0.05) is 12.1 Å². The molecule has 0 spiro atoms. The first-order chi connectivity index (χ1) is 13.3. The zero-order chi connectivity index (χ0) is 20.9. The fraction of sp³-hybridized carbons (Fsp3) is 0.188. The highest BCUT2D eigenvalue weighted by molar-refractivity contribution is 7.93. The molecule has 0 unspecified atom stereocenters. The van der Waals surface area contributed by atoms with E-state index >= 15 is 0 Å². The summed E-state index contributed by atoms with van der Waals surface area (Å²) >= 11 is 0. The zero-order valence-electron chi connectivity index (χ0n) is 15.0. The first kappa shape index (κ1) is 20.9. The molecule has 0 bridgehead atoms. The van der Waals surface area contributed by atoms with Crippen LogP contribution in [0.5, 0.6) is 11.5 Å². The number of amides is 1. The summed E-state index contributed by atoms with van der Waals surface area (Å²) < 4.78 is 37.5. The maximum absolute atomic E-state index is 13.3. The Labute approximate surface area is 160 Å². The number of nitrogens with zero attached hydrogens (tertiary/aromatic N) is 2. The average Bonchev–Trinajstić information content (AvgIpc) is 2.71. The zero-order valence-corrected chi connectivity index (χ0v) is 15.8. The number of hydrogen-bond acceptors (Lipinski definition) is 8. The van der Waals surface area contributed by atoms with Gasteiger partial charge in [-0.15, -0.1) is 0 Å². The van der Waals surface area contributed by atoms with Gasteiger partial charge < -0.3 is 9.47 Å². The number of nitrogens with two attached hydrogens (primary N) is 1. The summed E-state index contributed by atoms with van der Waals surface area (Å²) in [5.41, 5.74) is 1.15. The van der Waals surface area contributed by atoms with Crippen LogP contribution in [-0.2, 0) is 14.8 Å². The molecule has 0 fully saturated rings. The van der Waals surface area contributed by atoms with E-state index in [4.69, 9.17) is 15.3 Å². The Balaban J connectivity index is 2.75. The van der Waals surface area contributed by atoms with Gasteiger partial charge in [0.25, 0.3) is 21.6 Å². The molecular formula is C16H18N4O7S. The van der Waals surface area contributed by atoms with Gasteiger partial charge in [0.05, 0.1) is 24.8 Å². The molecule has 2 rings (SSSR count). The average molecular weight is 410 g/mol. The van der Waals surface area contributed by atoms with E-state index in [2.05, 4.69) is 0 Å². The van der Waals surface area contributed by atoms with Crippen LogP contribution in [0.25, 0.3) is 0 Å². The van der Waals surface area contributed by atoms with Crippen molar-refractivity contribution in [2.45, 2.75) is 4.90 Å². The van der Waals surface area contributed by atoms with E-state index in [1.54, 1.807) is 0 Å². The lowest BCUT2D eigenvalue weighted by molar-refractivity contribution is -0.387. The minimum Gasteiger partial charge on any atom is -0.497 e. The Kier molecular flexibility index (Phi) is 6.38. The summed E-state index contributed by atoms with van der Waals surface area (Å²) in [4.78, 5) is 21.8. The van der Waals surface area contributed by atoms with Crippen LogP contribution in [0.3, 0.4) is 0 Å². The van der Waals surface area contributed by atoms with Crippen LogP contribution >= 0.6 is 0 Å². The van der Waals surface area contributed by atoms with Crippen LogP contribution < -0.4 is 25.0 Å². The molecule has 12 heteroatoms. The van der Waals surface area contributed by atoms with Gasteiger partial charge in [-0.05, 0) is 18.2 Å². The SMILES string of the molecule is COc1ccc(OC)c(N(CC(=O)NN)S(=O)(=O)c2ccccc2[N+](=O)[O-])c1. The lowest BCUT2D eigenvalue weighted by Gasteiger charge is -2.25. The Morgan fingerprint density at radius 3 is 2.46 bits per heavy atom. The third-order valence-electron chi connectivity index (χ3n) is 3.73. The molecule has 150 valence electrons. The molecule has 2 aromatic rings. The number of sulfonamides is 1. The summed E-state index contributed by atoms with van der Waals surface area (Å²) in [5.74, 6) is 4.65. The number of ether oxygens (including phenoxy) is 2. The lowest BCUT2D eigenvalue weighted by atomic mass is 10.2. The standard InChI is InChI=1S/C16H18N4O7S/c1-26-11-7-8-14(27-2)13(9-11)19(10-16(21)18-17)28(24,25)15-6-4-3-5-12(15)20(22)23/h3-9H,10,17H2,1-2H3,(H,18,21). The van der Waals surface area contributed by atoms with Gasteiger partial charge in [0.1, 0.15) is 18.0 Å². The normalized spacial score (nSPS) is 10.8. The van der Waals surface area contributed by atoms with E-state index < -0.39 is 38.0 Å². The number of para-hydroxylation sites is 1. The minimum absolute atomic E-state index is 0.0522. The van der Waals surface area contributed by atoms with Gasteiger partial charge >= 0.3 is 0 Å². The number of benzene rings is 2. The first-order valence-corrected chi connectivity index (χ1v) is 9.18. The number of nitro groups is 1. The monoisotopic (exact) mass is 410 g/mol. The van der Waals surface area contributed by atoms with Crippen LogP contribution in [0.4, 0.5) is 11.4 Å². The van der Waals surface area contributed by atoms with Crippen molar-refractivity contribution < 1.29 is 27.6 Å². The van der Waals surface area contributed by atoms with Crippen molar-refractivity contribution in [3.05, 3.63) is 52.6 Å². The summed E-state index contributed by atoms with van der Waals surface area (Å²) in [7, 11) is -1.87. The molecule has 2 aromatic carbocycles. The predicted octanol–water partition coefficient (Wildman–Crippen LogP) is 0.797. The van der Waals surface area contributed by atoms with Crippen molar-refractivity contribution in [1.82, 2.24) is 5.43 Å². The second kappa shape index (κ2) is 8.54. The van der Waals surface area contributed by atoms with Crippen LogP contribution in [0, 0.1) is 10.1 Å². The molecule has 0 aliphatic carbocycles. The maximum Gasteiger partial charge on any atom is 0.289 e. The molecule has 11 nitrogen and oxygen atoms in total. The van der Waals surface area contributed by atoms with E-state index in [9.17, 15) is 23.3 Å². The predicted molar refractivity (Wildman–Crippen MR) is 99.5 cm³/mol. The highest BCUT2D eigenvalue weighted by Crippen LogP contribution is 2.37. The summed E-state index contributed by atoms with van der Waals surface area (Å²) in [6.45, 7) is -0.742. The van der Waals surface area contributed by atoms with E-state index in [1.165, 1.54) is 44.6 Å². The second-order valence-electron chi connectivity index (χ2n) is 5.34. The largest absolute Gasteiger partial charge is 0.497 e. The number of methoxy groups -OCH3 is 2. The molecule has 0 saturated carbocycles. The molecule has 0 aliphatic heterocycles. The summed E-state index contributed by atoms with van der Waals surface area (Å²) in [6, 6.07) is 9.10. The van der Waals surface area contributed by atoms with E-state index in [1.807, 2.05) is 5.43 Å². The molecule has 0 aliphatic rings. The molecule has 0 atom stereocenters. The number of hydrogen-bond donors (Lipinski definition) is 2. The van der Waals surface area contributed by atoms with Gasteiger partial charge in [-0.1, -0.05) is 12.1 Å². The van der Waals surface area contributed by atoms with E-state index in [0.29, 0.717) is 4.31 Å². The first-order valence-electron chi connectivity index (χ1n) is 7.74. The smallest absolute Gasteiger partial charge is 0.289 e. The number of nitro benzene ring substituents is 1. The molecule has 0 saturated heterocycles. The van der Waals surface area contributed by atoms with E-state index in [-0.39, 0.29) is 17.2 Å². The number of nitrogens with one attached hydrogen (secondary N) is 1. The quantitative estimate of drug-likeness (QED) is 0.280. The molecule has 3 N–H and O–H groups in total. The van der Waals surface area contributed by atoms with Gasteiger partial charge in [-0.3, -0.25) is 24.6 Å². The highest BCUT2D eigenvalue weighted by Gasteiger charge is 2.34. The molecular weight excluding hydrogens is 392 g/mol. The fourth-order valence-electron chi connectivity index (χ4n) is 2.41. The maximum atomic E-state index is 13.3. The van der Waals surface area contributed by atoms with Crippen LogP contribution in [0.1, 0.15) is 0 Å². The molecule has 28 heavy (non-hydrogen) atoms. The number of hydrazine groups is 1. The van der Waals surface area contributed by atoms with Crippen molar-refractivity contribution >= 4 is 27.3 Å². The topological polar surface area (TPSA) is 154 Å². The van der Waals surface area contributed by atoms with Gasteiger partial charge in [0.2, 0.25) is 0 Å². The molecule has 0 heterocycles. The summed E-state index contributed by atoms with van der Waals surface area (Å²) in [6.07, 6.45) is 0. The number of carbonyl (C=O) groups excluding carboxylic acids is 1. The number of anilines is 1. The fourth-order valence-corrected chi connectivity index (χ4v) is 4.00. The lowest BCUT2D eigenvalue weighted by Crippen LogP contribution is -2.43.